The van der Waals surface area contributed by atoms with Crippen LogP contribution in [0.15, 0.2) is 36.9 Å². The van der Waals surface area contributed by atoms with Gasteiger partial charge in [0.25, 0.3) is 0 Å². The zero-order valence-electron chi connectivity index (χ0n) is 10.5. The number of hydrogen-bond acceptors (Lipinski definition) is 3. The molecule has 1 amide bonds. The molecular formula is C13H16N4O. The summed E-state index contributed by atoms with van der Waals surface area (Å²) < 4.78 is 1.67. The molecular weight excluding hydrogens is 228 g/mol. The van der Waals surface area contributed by atoms with Gasteiger partial charge in [-0.15, -0.1) is 0 Å². The molecule has 0 aliphatic carbocycles. The van der Waals surface area contributed by atoms with Crippen molar-refractivity contribution in [2.75, 3.05) is 5.32 Å². The number of hydrogen-bond donors (Lipinski definition) is 1. The molecule has 0 radical (unpaired) electrons. The molecule has 0 aliphatic rings. The third-order valence-electron chi connectivity index (χ3n) is 2.43. The van der Waals surface area contributed by atoms with E-state index in [2.05, 4.69) is 15.4 Å². The Kier molecular flexibility index (Phi) is 3.72. The van der Waals surface area contributed by atoms with Crippen LogP contribution < -0.4 is 5.32 Å². The van der Waals surface area contributed by atoms with Gasteiger partial charge in [0.05, 0.1) is 5.69 Å². The Morgan fingerprint density at radius 2 is 2.06 bits per heavy atom. The fourth-order valence-electron chi connectivity index (χ4n) is 1.62. The van der Waals surface area contributed by atoms with Crippen molar-refractivity contribution in [3.05, 3.63) is 36.9 Å². The molecule has 0 atom stereocenters. The lowest BCUT2D eigenvalue weighted by Crippen LogP contribution is -2.13. The van der Waals surface area contributed by atoms with Crippen LogP contribution in [0.2, 0.25) is 0 Å². The van der Waals surface area contributed by atoms with E-state index >= 15 is 0 Å². The first kappa shape index (κ1) is 12.3. The van der Waals surface area contributed by atoms with Crippen molar-refractivity contribution < 1.29 is 4.79 Å². The SMILES string of the molecule is CC(C)CC(=O)Nc1ccc(-n2cncn2)cc1. The van der Waals surface area contributed by atoms with Crippen LogP contribution in [0.25, 0.3) is 5.69 Å². The van der Waals surface area contributed by atoms with Crippen molar-refractivity contribution >= 4 is 11.6 Å². The van der Waals surface area contributed by atoms with E-state index in [-0.39, 0.29) is 5.91 Å². The third kappa shape index (κ3) is 3.16. The molecule has 0 saturated heterocycles. The molecule has 5 heteroatoms. The number of nitrogens with one attached hydrogen (secondary N) is 1. The molecule has 0 unspecified atom stereocenters. The number of rotatable bonds is 4. The lowest BCUT2D eigenvalue weighted by atomic mass is 10.1. The van der Waals surface area contributed by atoms with E-state index in [9.17, 15) is 4.79 Å². The summed E-state index contributed by atoms with van der Waals surface area (Å²) in [6.07, 6.45) is 3.65. The number of carbonyl (C=O) groups is 1. The highest BCUT2D eigenvalue weighted by Crippen LogP contribution is 2.13. The van der Waals surface area contributed by atoms with Crippen molar-refractivity contribution in [2.24, 2.45) is 5.92 Å². The second-order valence-corrected chi connectivity index (χ2v) is 4.53. The highest BCUT2D eigenvalue weighted by atomic mass is 16.1. The fourth-order valence-corrected chi connectivity index (χ4v) is 1.62. The first-order valence-corrected chi connectivity index (χ1v) is 5.90. The quantitative estimate of drug-likeness (QED) is 0.897. The minimum absolute atomic E-state index is 0.0403. The molecule has 0 saturated carbocycles. The second-order valence-electron chi connectivity index (χ2n) is 4.53. The summed E-state index contributed by atoms with van der Waals surface area (Å²) in [7, 11) is 0. The zero-order valence-corrected chi connectivity index (χ0v) is 10.5. The molecule has 1 N–H and O–H groups in total. The number of benzene rings is 1. The maximum absolute atomic E-state index is 11.6. The molecule has 5 nitrogen and oxygen atoms in total. The van der Waals surface area contributed by atoms with Crippen LogP contribution in [0, 0.1) is 5.92 Å². The van der Waals surface area contributed by atoms with Gasteiger partial charge in [-0.05, 0) is 30.2 Å². The predicted molar refractivity (Wildman–Crippen MR) is 69.4 cm³/mol. The standard InChI is InChI=1S/C13H16N4O/c1-10(2)7-13(18)16-11-3-5-12(6-4-11)17-9-14-8-15-17/h3-6,8-10H,7H2,1-2H3,(H,16,18). The Morgan fingerprint density at radius 3 is 2.61 bits per heavy atom. The summed E-state index contributed by atoms with van der Waals surface area (Å²) in [6, 6.07) is 7.49. The maximum Gasteiger partial charge on any atom is 0.224 e. The smallest absolute Gasteiger partial charge is 0.224 e. The van der Waals surface area contributed by atoms with Crippen molar-refractivity contribution in [1.29, 1.82) is 0 Å². The molecule has 94 valence electrons. The maximum atomic E-state index is 11.6. The van der Waals surface area contributed by atoms with Gasteiger partial charge in [0.1, 0.15) is 12.7 Å². The van der Waals surface area contributed by atoms with E-state index < -0.39 is 0 Å². The van der Waals surface area contributed by atoms with Crippen LogP contribution >= 0.6 is 0 Å². The van der Waals surface area contributed by atoms with E-state index in [1.807, 2.05) is 38.1 Å². The van der Waals surface area contributed by atoms with Gasteiger partial charge < -0.3 is 5.32 Å². The summed E-state index contributed by atoms with van der Waals surface area (Å²) in [5.41, 5.74) is 1.71. The Labute approximate surface area is 106 Å². The number of anilines is 1. The Morgan fingerprint density at radius 1 is 1.33 bits per heavy atom. The van der Waals surface area contributed by atoms with Crippen LogP contribution in [0.1, 0.15) is 20.3 Å². The fraction of sp³-hybridized carbons (Fsp3) is 0.308. The summed E-state index contributed by atoms with van der Waals surface area (Å²) >= 11 is 0. The van der Waals surface area contributed by atoms with Crippen LogP contribution in [0.5, 0.6) is 0 Å². The summed E-state index contributed by atoms with van der Waals surface area (Å²) in [6.45, 7) is 4.04. The molecule has 0 fully saturated rings. The van der Waals surface area contributed by atoms with Crippen molar-refractivity contribution in [3.8, 4) is 5.69 Å². The molecule has 0 bridgehead atoms. The molecule has 1 heterocycles. The molecule has 1 aromatic heterocycles. The van der Waals surface area contributed by atoms with Crippen molar-refractivity contribution in [2.45, 2.75) is 20.3 Å². The van der Waals surface area contributed by atoms with Gasteiger partial charge in [0.2, 0.25) is 5.91 Å². The molecule has 0 aliphatic heterocycles. The van der Waals surface area contributed by atoms with Gasteiger partial charge in [-0.25, -0.2) is 9.67 Å². The average molecular weight is 244 g/mol. The van der Waals surface area contributed by atoms with Crippen molar-refractivity contribution in [1.82, 2.24) is 14.8 Å². The lowest BCUT2D eigenvalue weighted by Gasteiger charge is -2.07. The number of carbonyl (C=O) groups excluding carboxylic acids is 1. The number of aromatic nitrogens is 3. The van der Waals surface area contributed by atoms with Gasteiger partial charge in [-0.2, -0.15) is 5.10 Å². The molecule has 0 spiro atoms. The topological polar surface area (TPSA) is 59.8 Å². The van der Waals surface area contributed by atoms with E-state index in [0.29, 0.717) is 12.3 Å². The minimum atomic E-state index is 0.0403. The third-order valence-corrected chi connectivity index (χ3v) is 2.43. The van der Waals surface area contributed by atoms with Crippen molar-refractivity contribution in [3.63, 3.8) is 0 Å². The lowest BCUT2D eigenvalue weighted by molar-refractivity contribution is -0.116. The zero-order chi connectivity index (χ0) is 13.0. The average Bonchev–Trinajstić information content (AvgIpc) is 2.82. The van der Waals surface area contributed by atoms with Gasteiger partial charge in [-0.3, -0.25) is 4.79 Å². The second kappa shape index (κ2) is 5.44. The van der Waals surface area contributed by atoms with Gasteiger partial charge in [0.15, 0.2) is 0 Å². The highest BCUT2D eigenvalue weighted by Gasteiger charge is 2.05. The minimum Gasteiger partial charge on any atom is -0.326 e. The number of amides is 1. The molecule has 18 heavy (non-hydrogen) atoms. The molecule has 2 rings (SSSR count). The van der Waals surface area contributed by atoms with E-state index in [1.54, 1.807) is 11.0 Å². The Balaban J connectivity index is 2.02. The summed E-state index contributed by atoms with van der Waals surface area (Å²) in [5.74, 6) is 0.401. The largest absolute Gasteiger partial charge is 0.326 e. The van der Waals surface area contributed by atoms with E-state index in [1.165, 1.54) is 6.33 Å². The first-order chi connectivity index (χ1) is 8.65. The Bertz CT molecular complexity index is 502. The van der Waals surface area contributed by atoms with Gasteiger partial charge in [-0.1, -0.05) is 13.8 Å². The summed E-state index contributed by atoms with van der Waals surface area (Å²) in [5, 5.41) is 6.90. The Hall–Kier alpha value is -2.17. The molecule has 2 aromatic rings. The van der Waals surface area contributed by atoms with Gasteiger partial charge >= 0.3 is 0 Å². The van der Waals surface area contributed by atoms with Crippen LogP contribution in [-0.4, -0.2) is 20.7 Å². The monoisotopic (exact) mass is 244 g/mol. The van der Waals surface area contributed by atoms with Crippen LogP contribution in [0.4, 0.5) is 5.69 Å². The predicted octanol–water partition coefficient (Wildman–Crippen LogP) is 2.25. The normalized spacial score (nSPS) is 10.6. The number of nitrogens with zero attached hydrogens (tertiary/aromatic N) is 3. The first-order valence-electron chi connectivity index (χ1n) is 5.90. The highest BCUT2D eigenvalue weighted by molar-refractivity contribution is 5.90. The van der Waals surface area contributed by atoms with E-state index in [4.69, 9.17) is 0 Å². The van der Waals surface area contributed by atoms with Crippen LogP contribution in [-0.2, 0) is 4.79 Å². The summed E-state index contributed by atoms with van der Waals surface area (Å²) in [4.78, 5) is 15.5. The van der Waals surface area contributed by atoms with Crippen LogP contribution in [0.3, 0.4) is 0 Å². The van der Waals surface area contributed by atoms with E-state index in [0.717, 1.165) is 11.4 Å². The van der Waals surface area contributed by atoms with Gasteiger partial charge in [0, 0.05) is 12.1 Å². The molecule has 1 aromatic carbocycles.